The zero-order valence-corrected chi connectivity index (χ0v) is 12.5. The van der Waals surface area contributed by atoms with Gasteiger partial charge in [-0.1, -0.05) is 13.3 Å². The van der Waals surface area contributed by atoms with Crippen molar-refractivity contribution in [3.8, 4) is 5.88 Å². The number of nitrogens with one attached hydrogen (secondary N) is 1. The van der Waals surface area contributed by atoms with Crippen LogP contribution in [0.2, 0.25) is 0 Å². The number of carbonyl (C=O) groups is 1. The molecular weight excluding hydrogens is 258 g/mol. The summed E-state index contributed by atoms with van der Waals surface area (Å²) in [7, 11) is 1.57. The van der Waals surface area contributed by atoms with E-state index in [0.717, 1.165) is 18.7 Å². The Balaban J connectivity index is 2.44. The Hall–Kier alpha value is -1.85. The maximum atomic E-state index is 10.7. The van der Waals surface area contributed by atoms with E-state index in [0.29, 0.717) is 18.1 Å². The van der Waals surface area contributed by atoms with Crippen LogP contribution in [0, 0.1) is 12.8 Å². The zero-order chi connectivity index (χ0) is 15.1. The van der Waals surface area contributed by atoms with Gasteiger partial charge in [0.1, 0.15) is 11.6 Å². The van der Waals surface area contributed by atoms with Crippen molar-refractivity contribution in [2.24, 2.45) is 5.92 Å². The average Bonchev–Trinajstić information content (AvgIpc) is 2.37. The summed E-state index contributed by atoms with van der Waals surface area (Å²) in [4.78, 5) is 19.2. The van der Waals surface area contributed by atoms with Gasteiger partial charge >= 0.3 is 5.97 Å². The molecule has 20 heavy (non-hydrogen) atoms. The number of aliphatic carboxylic acids is 1. The van der Waals surface area contributed by atoms with E-state index in [4.69, 9.17) is 9.84 Å². The van der Waals surface area contributed by atoms with Crippen molar-refractivity contribution in [1.82, 2.24) is 9.97 Å². The monoisotopic (exact) mass is 281 g/mol. The molecule has 0 aliphatic rings. The number of aromatic nitrogens is 2. The van der Waals surface area contributed by atoms with Crippen LogP contribution in [0.1, 0.15) is 38.9 Å². The first-order valence-electron chi connectivity index (χ1n) is 6.81. The molecule has 2 unspecified atom stereocenters. The highest BCUT2D eigenvalue weighted by molar-refractivity contribution is 5.69. The Morgan fingerprint density at radius 2 is 2.10 bits per heavy atom. The minimum absolute atomic E-state index is 0.218. The van der Waals surface area contributed by atoms with Crippen LogP contribution in [0.4, 0.5) is 5.82 Å². The molecular formula is C14H23N3O3. The summed E-state index contributed by atoms with van der Waals surface area (Å²) in [6.07, 6.45) is 2.44. The average molecular weight is 281 g/mol. The van der Waals surface area contributed by atoms with Crippen molar-refractivity contribution >= 4 is 11.8 Å². The molecule has 1 heterocycles. The van der Waals surface area contributed by atoms with Gasteiger partial charge in [-0.3, -0.25) is 4.79 Å². The molecule has 6 nitrogen and oxygen atoms in total. The Morgan fingerprint density at radius 1 is 1.40 bits per heavy atom. The summed E-state index contributed by atoms with van der Waals surface area (Å²) in [6, 6.07) is 1.97. The van der Waals surface area contributed by atoms with Gasteiger partial charge in [0.15, 0.2) is 0 Å². The standard InChI is InChI=1S/C14H23N3O3/c1-9(14(18)19)6-5-7-10(2)15-12-8-13(20-4)17-11(3)16-12/h8-10H,5-7H2,1-4H3,(H,18,19)(H,15,16,17). The molecule has 0 saturated carbocycles. The number of rotatable bonds is 8. The van der Waals surface area contributed by atoms with Crippen LogP contribution in [0.3, 0.4) is 0 Å². The van der Waals surface area contributed by atoms with Crippen LogP contribution in [0.15, 0.2) is 6.07 Å². The molecule has 2 atom stereocenters. The number of aryl methyl sites for hydroxylation is 1. The van der Waals surface area contributed by atoms with Crippen LogP contribution in [0.5, 0.6) is 5.88 Å². The Bertz CT molecular complexity index is 451. The third-order valence-electron chi connectivity index (χ3n) is 3.11. The van der Waals surface area contributed by atoms with Gasteiger partial charge in [0.25, 0.3) is 0 Å². The molecule has 1 aromatic heterocycles. The van der Waals surface area contributed by atoms with Gasteiger partial charge in [-0.15, -0.1) is 0 Å². The lowest BCUT2D eigenvalue weighted by atomic mass is 10.0. The lowest BCUT2D eigenvalue weighted by Gasteiger charge is -2.15. The predicted octanol–water partition coefficient (Wildman–Crippen LogP) is 2.49. The lowest BCUT2D eigenvalue weighted by Crippen LogP contribution is -2.17. The third kappa shape index (κ3) is 5.42. The molecule has 0 fully saturated rings. The summed E-state index contributed by atoms with van der Waals surface area (Å²) in [5, 5.41) is 12.1. The number of hydrogen-bond acceptors (Lipinski definition) is 5. The summed E-state index contributed by atoms with van der Waals surface area (Å²) in [5.74, 6) is 0.892. The maximum Gasteiger partial charge on any atom is 0.306 e. The van der Waals surface area contributed by atoms with Crippen molar-refractivity contribution in [2.75, 3.05) is 12.4 Å². The number of ether oxygens (including phenoxy) is 1. The SMILES string of the molecule is COc1cc(NC(C)CCCC(C)C(=O)O)nc(C)n1. The van der Waals surface area contributed by atoms with Gasteiger partial charge in [-0.2, -0.15) is 4.98 Å². The molecule has 0 radical (unpaired) electrons. The molecule has 0 aromatic carbocycles. The van der Waals surface area contributed by atoms with Crippen molar-refractivity contribution in [3.05, 3.63) is 11.9 Å². The number of methoxy groups -OCH3 is 1. The van der Waals surface area contributed by atoms with Gasteiger partial charge in [0.05, 0.1) is 13.0 Å². The van der Waals surface area contributed by atoms with Crippen LogP contribution in [-0.2, 0) is 4.79 Å². The quantitative estimate of drug-likeness (QED) is 0.761. The minimum Gasteiger partial charge on any atom is -0.481 e. The van der Waals surface area contributed by atoms with E-state index < -0.39 is 5.97 Å². The second-order valence-electron chi connectivity index (χ2n) is 5.06. The number of carboxylic acids is 1. The van der Waals surface area contributed by atoms with Crippen molar-refractivity contribution in [1.29, 1.82) is 0 Å². The summed E-state index contributed by atoms with van der Waals surface area (Å²) < 4.78 is 5.10. The van der Waals surface area contributed by atoms with Gasteiger partial charge in [-0.25, -0.2) is 4.98 Å². The van der Waals surface area contributed by atoms with Gasteiger partial charge in [0.2, 0.25) is 5.88 Å². The topological polar surface area (TPSA) is 84.3 Å². The van der Waals surface area contributed by atoms with Crippen LogP contribution in [-0.4, -0.2) is 34.2 Å². The molecule has 112 valence electrons. The second kappa shape index (κ2) is 7.67. The summed E-state index contributed by atoms with van der Waals surface area (Å²) in [5.41, 5.74) is 0. The van der Waals surface area contributed by atoms with Crippen LogP contribution < -0.4 is 10.1 Å². The molecule has 0 aliphatic heterocycles. The molecule has 6 heteroatoms. The first-order valence-corrected chi connectivity index (χ1v) is 6.81. The zero-order valence-electron chi connectivity index (χ0n) is 12.5. The fourth-order valence-electron chi connectivity index (χ4n) is 1.90. The van der Waals surface area contributed by atoms with Gasteiger partial charge in [0, 0.05) is 12.1 Å². The molecule has 0 spiro atoms. The number of nitrogens with zero attached hydrogens (tertiary/aromatic N) is 2. The first-order chi connectivity index (χ1) is 9.42. The molecule has 0 aliphatic carbocycles. The van der Waals surface area contributed by atoms with Crippen LogP contribution >= 0.6 is 0 Å². The molecule has 1 rings (SSSR count). The second-order valence-corrected chi connectivity index (χ2v) is 5.06. The fraction of sp³-hybridized carbons (Fsp3) is 0.643. The normalized spacial score (nSPS) is 13.6. The van der Waals surface area contributed by atoms with E-state index >= 15 is 0 Å². The van der Waals surface area contributed by atoms with Crippen molar-refractivity contribution in [2.45, 2.75) is 46.1 Å². The van der Waals surface area contributed by atoms with E-state index in [2.05, 4.69) is 22.2 Å². The lowest BCUT2D eigenvalue weighted by molar-refractivity contribution is -0.141. The molecule has 1 aromatic rings. The van der Waals surface area contributed by atoms with E-state index in [-0.39, 0.29) is 12.0 Å². The molecule has 0 amide bonds. The maximum absolute atomic E-state index is 10.7. The third-order valence-corrected chi connectivity index (χ3v) is 3.11. The highest BCUT2D eigenvalue weighted by Crippen LogP contribution is 2.16. The van der Waals surface area contributed by atoms with Crippen LogP contribution in [0.25, 0.3) is 0 Å². The molecule has 0 bridgehead atoms. The Kier molecular flexibility index (Phi) is 6.21. The van der Waals surface area contributed by atoms with E-state index in [9.17, 15) is 4.79 Å². The van der Waals surface area contributed by atoms with E-state index in [1.165, 1.54) is 0 Å². The summed E-state index contributed by atoms with van der Waals surface area (Å²) >= 11 is 0. The largest absolute Gasteiger partial charge is 0.481 e. The smallest absolute Gasteiger partial charge is 0.306 e. The Labute approximate surface area is 119 Å². The molecule has 2 N–H and O–H groups in total. The van der Waals surface area contributed by atoms with E-state index in [1.54, 1.807) is 20.1 Å². The highest BCUT2D eigenvalue weighted by atomic mass is 16.5. The predicted molar refractivity (Wildman–Crippen MR) is 77.1 cm³/mol. The summed E-state index contributed by atoms with van der Waals surface area (Å²) in [6.45, 7) is 5.60. The number of carboxylic acid groups (broad SMARTS) is 1. The Morgan fingerprint density at radius 3 is 2.70 bits per heavy atom. The van der Waals surface area contributed by atoms with Crippen molar-refractivity contribution in [3.63, 3.8) is 0 Å². The van der Waals surface area contributed by atoms with Crippen molar-refractivity contribution < 1.29 is 14.6 Å². The number of hydrogen-bond donors (Lipinski definition) is 2. The van der Waals surface area contributed by atoms with E-state index in [1.807, 2.05) is 6.92 Å². The molecule has 0 saturated heterocycles. The highest BCUT2D eigenvalue weighted by Gasteiger charge is 2.11. The minimum atomic E-state index is -0.734. The number of anilines is 1. The van der Waals surface area contributed by atoms with Gasteiger partial charge in [-0.05, 0) is 26.7 Å². The first kappa shape index (κ1) is 16.2. The van der Waals surface area contributed by atoms with Gasteiger partial charge < -0.3 is 15.2 Å². The fourth-order valence-corrected chi connectivity index (χ4v) is 1.90.